The van der Waals surface area contributed by atoms with Crippen LogP contribution in [0.4, 0.5) is 0 Å². The molecule has 0 aliphatic heterocycles. The van der Waals surface area contributed by atoms with Crippen molar-refractivity contribution >= 4 is 21.4 Å². The van der Waals surface area contributed by atoms with Gasteiger partial charge in [0.2, 0.25) is 10.0 Å². The van der Waals surface area contributed by atoms with Crippen LogP contribution in [0.15, 0.2) is 60.0 Å². The summed E-state index contributed by atoms with van der Waals surface area (Å²) in [6.45, 7) is 8.44. The van der Waals surface area contributed by atoms with Crippen LogP contribution in [-0.2, 0) is 14.8 Å². The monoisotopic (exact) mass is 413 g/mol. The maximum absolute atomic E-state index is 13.4. The lowest BCUT2D eigenvalue weighted by atomic mass is 9.69. The van der Waals surface area contributed by atoms with Crippen LogP contribution in [0.2, 0.25) is 0 Å². The van der Waals surface area contributed by atoms with E-state index in [-0.39, 0.29) is 29.2 Å². The molecule has 0 N–H and O–H groups in total. The second kappa shape index (κ2) is 8.13. The molecule has 0 amide bonds. The molecule has 2 aromatic carbocycles. The van der Waals surface area contributed by atoms with Crippen LogP contribution in [0.25, 0.3) is 5.57 Å². The Labute approximate surface area is 173 Å². The lowest BCUT2D eigenvalue weighted by Crippen LogP contribution is -2.47. The Bertz CT molecular complexity index is 1000. The van der Waals surface area contributed by atoms with Gasteiger partial charge < -0.3 is 4.74 Å². The van der Waals surface area contributed by atoms with Gasteiger partial charge in [-0.05, 0) is 47.7 Å². The highest BCUT2D eigenvalue weighted by Crippen LogP contribution is 2.39. The van der Waals surface area contributed by atoms with E-state index in [1.165, 1.54) is 4.31 Å². The average molecular weight is 414 g/mol. The molecule has 1 aliphatic carbocycles. The SMILES string of the molecule is C=C(CN(CC1(C)CC(=O)C1)S(=O)(=O)c1ccc(C)cc1)c1ccc(OC)cc1. The quantitative estimate of drug-likeness (QED) is 0.654. The molecular formula is C23H27NO4S. The van der Waals surface area contributed by atoms with Gasteiger partial charge in [-0.25, -0.2) is 8.42 Å². The Balaban J connectivity index is 1.88. The fourth-order valence-corrected chi connectivity index (χ4v) is 5.24. The number of aryl methyl sites for hydroxylation is 1. The predicted octanol–water partition coefficient (Wildman–Crippen LogP) is 4.08. The van der Waals surface area contributed by atoms with E-state index in [0.29, 0.717) is 18.4 Å². The van der Waals surface area contributed by atoms with Crippen LogP contribution < -0.4 is 4.74 Å². The Morgan fingerprint density at radius 1 is 1.10 bits per heavy atom. The summed E-state index contributed by atoms with van der Waals surface area (Å²) in [7, 11) is -2.13. The number of hydrogen-bond donors (Lipinski definition) is 0. The fourth-order valence-electron chi connectivity index (χ4n) is 3.65. The molecular weight excluding hydrogens is 386 g/mol. The summed E-state index contributed by atoms with van der Waals surface area (Å²) in [5.74, 6) is 0.903. The number of methoxy groups -OCH3 is 1. The number of Topliss-reactive ketones (excluding diaryl/α,β-unsaturated/α-hetero) is 1. The van der Waals surface area contributed by atoms with Gasteiger partial charge >= 0.3 is 0 Å². The van der Waals surface area contributed by atoms with E-state index >= 15 is 0 Å². The lowest BCUT2D eigenvalue weighted by molar-refractivity contribution is -0.132. The van der Waals surface area contributed by atoms with E-state index in [1.54, 1.807) is 31.4 Å². The minimum Gasteiger partial charge on any atom is -0.497 e. The molecule has 154 valence electrons. The minimum absolute atomic E-state index is 0.159. The number of ether oxygens (including phenoxy) is 1. The Kier molecular flexibility index (Phi) is 5.96. The molecule has 1 saturated carbocycles. The summed E-state index contributed by atoms with van der Waals surface area (Å²) < 4.78 is 33.4. The Morgan fingerprint density at radius 3 is 2.21 bits per heavy atom. The van der Waals surface area contributed by atoms with Crippen molar-refractivity contribution in [2.75, 3.05) is 20.2 Å². The number of sulfonamides is 1. The summed E-state index contributed by atoms with van der Waals surface area (Å²) in [4.78, 5) is 11.8. The van der Waals surface area contributed by atoms with E-state index in [1.807, 2.05) is 38.1 Å². The molecule has 0 radical (unpaired) electrons. The van der Waals surface area contributed by atoms with E-state index in [4.69, 9.17) is 4.74 Å². The van der Waals surface area contributed by atoms with Crippen molar-refractivity contribution in [2.45, 2.75) is 31.6 Å². The summed E-state index contributed by atoms with van der Waals surface area (Å²) in [5, 5.41) is 0. The molecule has 0 heterocycles. The van der Waals surface area contributed by atoms with Gasteiger partial charge in [0.15, 0.2) is 0 Å². The average Bonchev–Trinajstić information content (AvgIpc) is 2.66. The number of carbonyl (C=O) groups is 1. The number of rotatable bonds is 8. The van der Waals surface area contributed by atoms with Crippen molar-refractivity contribution in [3.05, 3.63) is 66.2 Å². The molecule has 6 heteroatoms. The fraction of sp³-hybridized carbons (Fsp3) is 0.348. The third-order valence-corrected chi connectivity index (χ3v) is 7.14. The van der Waals surface area contributed by atoms with Crippen LogP contribution in [0.1, 0.15) is 30.9 Å². The van der Waals surface area contributed by atoms with Crippen molar-refractivity contribution in [3.63, 3.8) is 0 Å². The van der Waals surface area contributed by atoms with E-state index < -0.39 is 10.0 Å². The number of benzene rings is 2. The van der Waals surface area contributed by atoms with Gasteiger partial charge in [0.1, 0.15) is 11.5 Å². The number of hydrogen-bond acceptors (Lipinski definition) is 4. The Morgan fingerprint density at radius 2 is 1.69 bits per heavy atom. The summed E-state index contributed by atoms with van der Waals surface area (Å²) in [6.07, 6.45) is 0.809. The third-order valence-electron chi connectivity index (χ3n) is 5.33. The first-order valence-electron chi connectivity index (χ1n) is 9.54. The van der Waals surface area contributed by atoms with Gasteiger partial charge in [0.25, 0.3) is 0 Å². The van der Waals surface area contributed by atoms with Gasteiger partial charge in [-0.3, -0.25) is 4.79 Å². The number of nitrogens with zero attached hydrogens (tertiary/aromatic N) is 1. The zero-order valence-electron chi connectivity index (χ0n) is 17.1. The molecule has 0 spiro atoms. The molecule has 2 aromatic rings. The molecule has 5 nitrogen and oxygen atoms in total. The zero-order chi connectivity index (χ0) is 21.2. The third kappa shape index (κ3) is 4.77. The van der Waals surface area contributed by atoms with Crippen LogP contribution in [0.3, 0.4) is 0 Å². The van der Waals surface area contributed by atoms with Crippen molar-refractivity contribution < 1.29 is 17.9 Å². The van der Waals surface area contributed by atoms with Crippen molar-refractivity contribution in [1.82, 2.24) is 4.31 Å². The standard InChI is InChI=1S/C23H27NO4S/c1-17-5-11-22(12-6-17)29(26,27)24(16-23(3)13-20(25)14-23)15-18(2)19-7-9-21(28-4)10-8-19/h5-12H,2,13-16H2,1,3-4H3. The number of ketones is 1. The van der Waals surface area contributed by atoms with Gasteiger partial charge in [-0.15, -0.1) is 0 Å². The number of carbonyl (C=O) groups excluding carboxylic acids is 1. The van der Waals surface area contributed by atoms with Crippen LogP contribution in [0.5, 0.6) is 5.75 Å². The topological polar surface area (TPSA) is 63.7 Å². The van der Waals surface area contributed by atoms with E-state index in [9.17, 15) is 13.2 Å². The highest BCUT2D eigenvalue weighted by molar-refractivity contribution is 7.89. The molecule has 0 bridgehead atoms. The van der Waals surface area contributed by atoms with E-state index in [0.717, 1.165) is 16.9 Å². The second-order valence-corrected chi connectivity index (χ2v) is 10.1. The predicted molar refractivity (Wildman–Crippen MR) is 114 cm³/mol. The zero-order valence-corrected chi connectivity index (χ0v) is 18.0. The minimum atomic E-state index is -3.72. The van der Waals surface area contributed by atoms with Crippen molar-refractivity contribution in [3.8, 4) is 5.75 Å². The normalized spacial score (nSPS) is 15.8. The van der Waals surface area contributed by atoms with Crippen molar-refractivity contribution in [2.24, 2.45) is 5.41 Å². The second-order valence-electron chi connectivity index (χ2n) is 8.12. The van der Waals surface area contributed by atoms with Gasteiger partial charge in [-0.1, -0.05) is 43.3 Å². The smallest absolute Gasteiger partial charge is 0.243 e. The first-order valence-corrected chi connectivity index (χ1v) is 11.0. The maximum atomic E-state index is 13.4. The molecule has 29 heavy (non-hydrogen) atoms. The summed E-state index contributed by atoms with van der Waals surface area (Å²) >= 11 is 0. The van der Waals surface area contributed by atoms with Gasteiger partial charge in [-0.2, -0.15) is 4.31 Å². The van der Waals surface area contributed by atoms with Gasteiger partial charge in [0.05, 0.1) is 12.0 Å². The van der Waals surface area contributed by atoms with E-state index in [2.05, 4.69) is 6.58 Å². The maximum Gasteiger partial charge on any atom is 0.243 e. The van der Waals surface area contributed by atoms with Crippen LogP contribution >= 0.6 is 0 Å². The molecule has 0 aromatic heterocycles. The first-order chi connectivity index (χ1) is 13.6. The highest BCUT2D eigenvalue weighted by atomic mass is 32.2. The summed E-state index contributed by atoms with van der Waals surface area (Å²) in [5.41, 5.74) is 2.20. The Hall–Kier alpha value is -2.44. The molecule has 3 rings (SSSR count). The first kappa shape index (κ1) is 21.3. The molecule has 0 saturated heterocycles. The summed E-state index contributed by atoms with van der Waals surface area (Å²) in [6, 6.07) is 14.2. The molecule has 0 atom stereocenters. The lowest BCUT2D eigenvalue weighted by Gasteiger charge is -2.40. The highest BCUT2D eigenvalue weighted by Gasteiger charge is 2.42. The van der Waals surface area contributed by atoms with Crippen LogP contribution in [0, 0.1) is 12.3 Å². The molecule has 1 aliphatic rings. The molecule has 0 unspecified atom stereocenters. The molecule has 1 fully saturated rings. The van der Waals surface area contributed by atoms with Crippen LogP contribution in [-0.4, -0.2) is 38.7 Å². The van der Waals surface area contributed by atoms with Crippen molar-refractivity contribution in [1.29, 1.82) is 0 Å². The largest absolute Gasteiger partial charge is 0.497 e. The van der Waals surface area contributed by atoms with Gasteiger partial charge in [0, 0.05) is 25.9 Å².